The first kappa shape index (κ1) is 20.2. The highest BCUT2D eigenvalue weighted by Crippen LogP contribution is 2.32. The van der Waals surface area contributed by atoms with Crippen LogP contribution in [0.15, 0.2) is 36.4 Å². The lowest BCUT2D eigenvalue weighted by Gasteiger charge is -2.31. The number of rotatable bonds is 4. The molecule has 2 aliphatic rings. The lowest BCUT2D eigenvalue weighted by Crippen LogP contribution is -2.48. The van der Waals surface area contributed by atoms with Crippen molar-refractivity contribution in [3.05, 3.63) is 53.3 Å². The molecule has 3 amide bonds. The smallest absolute Gasteiger partial charge is 0.271 e. The van der Waals surface area contributed by atoms with Gasteiger partial charge in [0, 0.05) is 42.0 Å². The summed E-state index contributed by atoms with van der Waals surface area (Å²) in [5.74, 6) is -0.274. The van der Waals surface area contributed by atoms with E-state index in [2.05, 4.69) is 10.9 Å². The molecule has 7 nitrogen and oxygen atoms in total. The highest BCUT2D eigenvalue weighted by molar-refractivity contribution is 5.97. The van der Waals surface area contributed by atoms with Crippen LogP contribution in [0.25, 0.3) is 5.69 Å². The number of carbonyl (C=O) groups excluding carboxylic acids is 3. The maximum absolute atomic E-state index is 12.7. The molecule has 2 heterocycles. The number of amides is 3. The van der Waals surface area contributed by atoms with Crippen molar-refractivity contribution in [1.29, 1.82) is 0 Å². The van der Waals surface area contributed by atoms with Crippen molar-refractivity contribution < 1.29 is 14.4 Å². The number of carbonyl (C=O) groups is 3. The van der Waals surface area contributed by atoms with E-state index in [1.807, 2.05) is 59.7 Å². The van der Waals surface area contributed by atoms with Crippen molar-refractivity contribution in [2.24, 2.45) is 11.8 Å². The van der Waals surface area contributed by atoms with Gasteiger partial charge in [-0.3, -0.25) is 25.2 Å². The fraction of sp³-hybridized carbons (Fsp3) is 0.435. The van der Waals surface area contributed by atoms with Gasteiger partial charge in [0.05, 0.1) is 5.56 Å². The van der Waals surface area contributed by atoms with Crippen molar-refractivity contribution in [2.45, 2.75) is 39.5 Å². The third kappa shape index (κ3) is 4.10. The van der Waals surface area contributed by atoms with Gasteiger partial charge in [0.1, 0.15) is 0 Å². The van der Waals surface area contributed by atoms with Crippen molar-refractivity contribution >= 4 is 17.7 Å². The van der Waals surface area contributed by atoms with E-state index in [1.165, 1.54) is 0 Å². The Kier molecular flexibility index (Phi) is 5.61. The number of aryl methyl sites for hydroxylation is 1. The van der Waals surface area contributed by atoms with Crippen LogP contribution in [0.1, 0.15) is 47.4 Å². The molecule has 0 radical (unpaired) electrons. The van der Waals surface area contributed by atoms with Crippen molar-refractivity contribution in [3.8, 4) is 5.69 Å². The number of para-hydroxylation sites is 1. The fourth-order valence-electron chi connectivity index (χ4n) is 4.21. The van der Waals surface area contributed by atoms with Crippen molar-refractivity contribution in [3.63, 3.8) is 0 Å². The Balaban J connectivity index is 1.33. The molecule has 0 spiro atoms. The second-order valence-corrected chi connectivity index (χ2v) is 8.27. The summed E-state index contributed by atoms with van der Waals surface area (Å²) in [6, 6.07) is 11.7. The van der Waals surface area contributed by atoms with E-state index in [0.29, 0.717) is 31.5 Å². The molecule has 1 aromatic heterocycles. The van der Waals surface area contributed by atoms with Crippen LogP contribution in [-0.4, -0.2) is 40.3 Å². The summed E-state index contributed by atoms with van der Waals surface area (Å²) in [5, 5.41) is 0. The first-order valence-corrected chi connectivity index (χ1v) is 10.6. The number of hydrogen-bond acceptors (Lipinski definition) is 3. The Morgan fingerprint density at radius 3 is 2.20 bits per heavy atom. The second-order valence-electron chi connectivity index (χ2n) is 8.27. The Bertz CT molecular complexity index is 954. The maximum atomic E-state index is 12.7. The number of hydrazine groups is 1. The number of piperidine rings is 1. The van der Waals surface area contributed by atoms with Gasteiger partial charge in [-0.2, -0.15) is 0 Å². The summed E-state index contributed by atoms with van der Waals surface area (Å²) < 4.78 is 2.02. The van der Waals surface area contributed by atoms with E-state index >= 15 is 0 Å². The SMILES string of the molecule is Cc1cc(C(=O)NNC(=O)C2CCN(C(=O)C3CC3)CC2)c(C)n1-c1ccccc1. The topological polar surface area (TPSA) is 83.4 Å². The van der Waals surface area contributed by atoms with E-state index in [-0.39, 0.29) is 29.6 Å². The molecule has 4 rings (SSSR count). The van der Waals surface area contributed by atoms with Gasteiger partial charge in [0.2, 0.25) is 11.8 Å². The molecule has 2 aromatic rings. The number of nitrogens with one attached hydrogen (secondary N) is 2. The number of aromatic nitrogens is 1. The summed E-state index contributed by atoms with van der Waals surface area (Å²) in [6.07, 6.45) is 3.25. The van der Waals surface area contributed by atoms with Crippen LogP contribution in [-0.2, 0) is 9.59 Å². The molecule has 2 N–H and O–H groups in total. The van der Waals surface area contributed by atoms with Crippen LogP contribution in [0.3, 0.4) is 0 Å². The van der Waals surface area contributed by atoms with Crippen LogP contribution in [0, 0.1) is 25.7 Å². The van der Waals surface area contributed by atoms with Crippen molar-refractivity contribution in [1.82, 2.24) is 20.3 Å². The molecule has 2 fully saturated rings. The fourth-order valence-corrected chi connectivity index (χ4v) is 4.21. The second kappa shape index (κ2) is 8.34. The largest absolute Gasteiger partial charge is 0.342 e. The molecule has 0 atom stereocenters. The van der Waals surface area contributed by atoms with Crippen LogP contribution in [0.4, 0.5) is 0 Å². The lowest BCUT2D eigenvalue weighted by atomic mass is 9.96. The van der Waals surface area contributed by atoms with Gasteiger partial charge in [-0.25, -0.2) is 0 Å². The first-order valence-electron chi connectivity index (χ1n) is 10.6. The monoisotopic (exact) mass is 408 g/mol. The van der Waals surface area contributed by atoms with Crippen LogP contribution in [0.5, 0.6) is 0 Å². The molecule has 1 aromatic carbocycles. The summed E-state index contributed by atoms with van der Waals surface area (Å²) in [4.78, 5) is 39.2. The Morgan fingerprint density at radius 1 is 0.900 bits per heavy atom. The quantitative estimate of drug-likeness (QED) is 0.763. The average molecular weight is 409 g/mol. The maximum Gasteiger partial charge on any atom is 0.271 e. The third-order valence-electron chi connectivity index (χ3n) is 6.09. The van der Waals surface area contributed by atoms with Crippen LogP contribution < -0.4 is 10.9 Å². The predicted octanol–water partition coefficient (Wildman–Crippen LogP) is 2.50. The Labute approximate surface area is 176 Å². The van der Waals surface area contributed by atoms with Gasteiger partial charge < -0.3 is 9.47 Å². The Hall–Kier alpha value is -3.09. The molecule has 0 unspecified atom stereocenters. The number of benzene rings is 1. The van der Waals surface area contributed by atoms with E-state index < -0.39 is 0 Å². The predicted molar refractivity (Wildman–Crippen MR) is 113 cm³/mol. The minimum Gasteiger partial charge on any atom is -0.342 e. The van der Waals surface area contributed by atoms with Gasteiger partial charge in [0.15, 0.2) is 0 Å². The summed E-state index contributed by atoms with van der Waals surface area (Å²) in [6.45, 7) is 5.06. The molecule has 0 bridgehead atoms. The average Bonchev–Trinajstić information content (AvgIpc) is 3.57. The lowest BCUT2D eigenvalue weighted by molar-refractivity contribution is -0.136. The highest BCUT2D eigenvalue weighted by atomic mass is 16.2. The summed E-state index contributed by atoms with van der Waals surface area (Å²) in [5.41, 5.74) is 8.42. The number of likely N-dealkylation sites (tertiary alicyclic amines) is 1. The summed E-state index contributed by atoms with van der Waals surface area (Å²) in [7, 11) is 0. The van der Waals surface area contributed by atoms with Gasteiger partial charge in [-0.05, 0) is 57.7 Å². The van der Waals surface area contributed by atoms with Gasteiger partial charge in [0.25, 0.3) is 5.91 Å². The molecule has 1 aliphatic carbocycles. The van der Waals surface area contributed by atoms with Crippen LogP contribution in [0.2, 0.25) is 0 Å². The van der Waals surface area contributed by atoms with E-state index in [4.69, 9.17) is 0 Å². The zero-order valence-corrected chi connectivity index (χ0v) is 17.5. The number of nitrogens with zero attached hydrogens (tertiary/aromatic N) is 2. The molecule has 30 heavy (non-hydrogen) atoms. The normalized spacial score (nSPS) is 16.9. The third-order valence-corrected chi connectivity index (χ3v) is 6.09. The van der Waals surface area contributed by atoms with Crippen molar-refractivity contribution in [2.75, 3.05) is 13.1 Å². The number of hydrogen-bond donors (Lipinski definition) is 2. The molecule has 1 saturated heterocycles. The van der Waals surface area contributed by atoms with E-state index in [1.54, 1.807) is 0 Å². The minimum absolute atomic E-state index is 0.190. The zero-order chi connectivity index (χ0) is 21.3. The highest BCUT2D eigenvalue weighted by Gasteiger charge is 2.36. The summed E-state index contributed by atoms with van der Waals surface area (Å²) >= 11 is 0. The van der Waals surface area contributed by atoms with Gasteiger partial charge in [-0.15, -0.1) is 0 Å². The molecule has 1 aliphatic heterocycles. The van der Waals surface area contributed by atoms with Gasteiger partial charge >= 0.3 is 0 Å². The molecular formula is C23H28N4O3. The molecular weight excluding hydrogens is 380 g/mol. The Morgan fingerprint density at radius 2 is 1.57 bits per heavy atom. The molecule has 7 heteroatoms. The van der Waals surface area contributed by atoms with E-state index in [9.17, 15) is 14.4 Å². The first-order chi connectivity index (χ1) is 14.5. The van der Waals surface area contributed by atoms with E-state index in [0.717, 1.165) is 29.9 Å². The minimum atomic E-state index is -0.333. The van der Waals surface area contributed by atoms with Crippen LogP contribution >= 0.6 is 0 Å². The molecule has 158 valence electrons. The zero-order valence-electron chi connectivity index (χ0n) is 17.5. The van der Waals surface area contributed by atoms with Gasteiger partial charge in [-0.1, -0.05) is 18.2 Å². The standard InChI is InChI=1S/C23H28N4O3/c1-15-14-20(16(2)27(15)19-6-4-3-5-7-19)22(29)25-24-21(28)17-10-12-26(13-11-17)23(30)18-8-9-18/h3-7,14,17-18H,8-13H2,1-2H3,(H,24,28)(H,25,29). The molecule has 1 saturated carbocycles.